The van der Waals surface area contributed by atoms with Gasteiger partial charge in [-0.2, -0.15) is 5.26 Å². The molecule has 1 aliphatic carbocycles. The maximum Gasteiger partial charge on any atom is 0.122 e. The molecule has 1 unspecified atom stereocenters. The van der Waals surface area contributed by atoms with Gasteiger partial charge < -0.3 is 4.90 Å². The van der Waals surface area contributed by atoms with Crippen molar-refractivity contribution in [1.82, 2.24) is 10.2 Å². The zero-order chi connectivity index (χ0) is 14.8. The molecule has 0 spiro atoms. The molecule has 0 aromatic heterocycles. The quantitative estimate of drug-likeness (QED) is 0.811. The zero-order valence-corrected chi connectivity index (χ0v) is 13.7. The van der Waals surface area contributed by atoms with E-state index in [0.717, 1.165) is 18.4 Å². The van der Waals surface area contributed by atoms with Crippen molar-refractivity contribution in [3.63, 3.8) is 0 Å². The predicted molar refractivity (Wildman–Crippen MR) is 83.3 cm³/mol. The topological polar surface area (TPSA) is 39.1 Å². The molecule has 0 aromatic carbocycles. The van der Waals surface area contributed by atoms with Crippen molar-refractivity contribution in [3.8, 4) is 6.07 Å². The Labute approximate surface area is 124 Å². The summed E-state index contributed by atoms with van der Waals surface area (Å²) < 4.78 is 0. The predicted octanol–water partition coefficient (Wildman–Crippen LogP) is 3.02. The van der Waals surface area contributed by atoms with Gasteiger partial charge in [0.15, 0.2) is 0 Å². The highest BCUT2D eigenvalue weighted by molar-refractivity contribution is 5.17. The molecule has 1 atom stereocenters. The van der Waals surface area contributed by atoms with Crippen LogP contribution in [0.2, 0.25) is 0 Å². The largest absolute Gasteiger partial charge is 0.300 e. The zero-order valence-electron chi connectivity index (χ0n) is 13.7. The number of nitrogens with one attached hydrogen (secondary N) is 1. The van der Waals surface area contributed by atoms with Gasteiger partial charge in [-0.3, -0.25) is 5.32 Å². The van der Waals surface area contributed by atoms with E-state index in [1.54, 1.807) is 0 Å². The van der Waals surface area contributed by atoms with Crippen molar-refractivity contribution in [2.75, 3.05) is 19.6 Å². The third kappa shape index (κ3) is 3.74. The molecule has 114 valence electrons. The van der Waals surface area contributed by atoms with Crippen molar-refractivity contribution in [3.05, 3.63) is 0 Å². The van der Waals surface area contributed by atoms with Crippen LogP contribution >= 0.6 is 0 Å². The molecule has 0 amide bonds. The Balaban J connectivity index is 1.94. The van der Waals surface area contributed by atoms with Crippen molar-refractivity contribution >= 4 is 0 Å². The highest BCUT2D eigenvalue weighted by Gasteiger charge is 2.47. The molecule has 1 saturated carbocycles. The van der Waals surface area contributed by atoms with E-state index in [1.165, 1.54) is 38.8 Å². The molecular weight excluding hydrogens is 246 g/mol. The van der Waals surface area contributed by atoms with E-state index in [9.17, 15) is 5.26 Å². The van der Waals surface area contributed by atoms with Gasteiger partial charge in [-0.25, -0.2) is 0 Å². The molecule has 2 aliphatic rings. The number of rotatable bonds is 6. The van der Waals surface area contributed by atoms with Crippen LogP contribution in [-0.4, -0.2) is 36.1 Å². The van der Waals surface area contributed by atoms with Crippen LogP contribution in [0.4, 0.5) is 0 Å². The molecule has 3 heteroatoms. The van der Waals surface area contributed by atoms with Gasteiger partial charge >= 0.3 is 0 Å². The number of piperidine rings is 1. The van der Waals surface area contributed by atoms with Crippen LogP contribution in [0.3, 0.4) is 0 Å². The SMILES string of the molecule is CC(C)NC(C#N)(CN1CCC(C(C)C)CC1)C1CC1. The van der Waals surface area contributed by atoms with E-state index in [4.69, 9.17) is 0 Å². The normalized spacial score (nSPS) is 24.9. The minimum atomic E-state index is -0.307. The van der Waals surface area contributed by atoms with Gasteiger partial charge in [-0.15, -0.1) is 0 Å². The number of likely N-dealkylation sites (tertiary alicyclic amines) is 1. The van der Waals surface area contributed by atoms with E-state index < -0.39 is 0 Å². The minimum absolute atomic E-state index is 0.307. The van der Waals surface area contributed by atoms with E-state index in [1.807, 2.05) is 0 Å². The highest BCUT2D eigenvalue weighted by Crippen LogP contribution is 2.40. The van der Waals surface area contributed by atoms with Crippen molar-refractivity contribution in [2.45, 2.75) is 65.0 Å². The molecule has 1 N–H and O–H groups in total. The van der Waals surface area contributed by atoms with Crippen LogP contribution < -0.4 is 5.32 Å². The van der Waals surface area contributed by atoms with Crippen molar-refractivity contribution in [2.24, 2.45) is 17.8 Å². The van der Waals surface area contributed by atoms with Gasteiger partial charge in [0.05, 0.1) is 6.07 Å². The van der Waals surface area contributed by atoms with E-state index in [-0.39, 0.29) is 5.54 Å². The first-order valence-corrected chi connectivity index (χ1v) is 8.38. The standard InChI is InChI=1S/C17H31N3/c1-13(2)15-7-9-20(10-8-15)12-17(11-18,16-5-6-16)19-14(3)4/h13-16,19H,5-10,12H2,1-4H3. The second-order valence-corrected chi connectivity index (χ2v) is 7.51. The molecular formula is C17H31N3. The van der Waals surface area contributed by atoms with Gasteiger partial charge in [-0.05, 0) is 70.4 Å². The first-order chi connectivity index (χ1) is 9.47. The van der Waals surface area contributed by atoms with Crippen molar-refractivity contribution in [1.29, 1.82) is 5.26 Å². The monoisotopic (exact) mass is 277 g/mol. The second-order valence-electron chi connectivity index (χ2n) is 7.51. The van der Waals surface area contributed by atoms with Gasteiger partial charge in [0, 0.05) is 12.6 Å². The Hall–Kier alpha value is -0.590. The lowest BCUT2D eigenvalue weighted by atomic mass is 9.85. The van der Waals surface area contributed by atoms with Crippen LogP contribution in [0.5, 0.6) is 0 Å². The number of nitriles is 1. The third-order valence-corrected chi connectivity index (χ3v) is 5.07. The maximum absolute atomic E-state index is 9.77. The molecule has 2 fully saturated rings. The second kappa shape index (κ2) is 6.45. The summed E-state index contributed by atoms with van der Waals surface area (Å²) in [5.41, 5.74) is -0.307. The summed E-state index contributed by atoms with van der Waals surface area (Å²) in [5, 5.41) is 13.4. The highest BCUT2D eigenvalue weighted by atomic mass is 15.2. The van der Waals surface area contributed by atoms with E-state index in [2.05, 4.69) is 44.0 Å². The van der Waals surface area contributed by atoms with Crippen LogP contribution in [0.15, 0.2) is 0 Å². The van der Waals surface area contributed by atoms with Gasteiger partial charge in [0.25, 0.3) is 0 Å². The summed E-state index contributed by atoms with van der Waals surface area (Å²) in [5.74, 6) is 2.24. The molecule has 1 heterocycles. The van der Waals surface area contributed by atoms with Crippen LogP contribution in [0.25, 0.3) is 0 Å². The lowest BCUT2D eigenvalue weighted by molar-refractivity contribution is 0.122. The van der Waals surface area contributed by atoms with Gasteiger partial charge in [0.1, 0.15) is 5.54 Å². The molecule has 0 aromatic rings. The molecule has 0 radical (unpaired) electrons. The fourth-order valence-corrected chi connectivity index (χ4v) is 3.67. The Bertz CT molecular complexity index is 346. The average molecular weight is 277 g/mol. The summed E-state index contributed by atoms with van der Waals surface area (Å²) >= 11 is 0. The Morgan fingerprint density at radius 3 is 2.15 bits per heavy atom. The first-order valence-electron chi connectivity index (χ1n) is 8.38. The van der Waals surface area contributed by atoms with Crippen LogP contribution in [0.1, 0.15) is 53.4 Å². The molecule has 3 nitrogen and oxygen atoms in total. The summed E-state index contributed by atoms with van der Waals surface area (Å²) in [7, 11) is 0. The van der Waals surface area contributed by atoms with Crippen LogP contribution in [0, 0.1) is 29.1 Å². The molecule has 20 heavy (non-hydrogen) atoms. The Morgan fingerprint density at radius 2 is 1.75 bits per heavy atom. The third-order valence-electron chi connectivity index (χ3n) is 5.07. The molecule has 1 aliphatic heterocycles. The van der Waals surface area contributed by atoms with Crippen LogP contribution in [-0.2, 0) is 0 Å². The summed E-state index contributed by atoms with van der Waals surface area (Å²) in [6.07, 6.45) is 5.03. The fraction of sp³-hybridized carbons (Fsp3) is 0.941. The molecule has 2 rings (SSSR count). The van der Waals surface area contributed by atoms with Gasteiger partial charge in [0.2, 0.25) is 0 Å². The fourth-order valence-electron chi connectivity index (χ4n) is 3.67. The maximum atomic E-state index is 9.77. The van der Waals surface area contributed by atoms with E-state index in [0.29, 0.717) is 12.0 Å². The number of nitrogens with zero attached hydrogens (tertiary/aromatic N) is 2. The lowest BCUT2D eigenvalue weighted by Crippen LogP contribution is -2.57. The molecule has 1 saturated heterocycles. The average Bonchev–Trinajstić information content (AvgIpc) is 3.22. The van der Waals surface area contributed by atoms with Gasteiger partial charge in [-0.1, -0.05) is 13.8 Å². The first kappa shape index (κ1) is 15.8. The Kier molecular flexibility index (Phi) is 5.09. The molecule has 0 bridgehead atoms. The number of hydrogen-bond acceptors (Lipinski definition) is 3. The summed E-state index contributed by atoms with van der Waals surface area (Å²) in [4.78, 5) is 2.52. The summed E-state index contributed by atoms with van der Waals surface area (Å²) in [6.45, 7) is 12.2. The van der Waals surface area contributed by atoms with Crippen molar-refractivity contribution < 1.29 is 0 Å². The smallest absolute Gasteiger partial charge is 0.122 e. The lowest BCUT2D eigenvalue weighted by Gasteiger charge is -2.40. The number of hydrogen-bond donors (Lipinski definition) is 1. The minimum Gasteiger partial charge on any atom is -0.300 e. The summed E-state index contributed by atoms with van der Waals surface area (Å²) in [6, 6.07) is 3.02. The Morgan fingerprint density at radius 1 is 1.15 bits per heavy atom. The van der Waals surface area contributed by atoms with E-state index >= 15 is 0 Å².